The third-order valence-electron chi connectivity index (χ3n) is 2.60. The van der Waals surface area contributed by atoms with Crippen molar-refractivity contribution in [3.05, 3.63) is 35.6 Å². The van der Waals surface area contributed by atoms with Crippen molar-refractivity contribution >= 4 is 22.5 Å². The van der Waals surface area contributed by atoms with Gasteiger partial charge in [0.1, 0.15) is 5.69 Å². The number of fused-ring (bicyclic) bond motifs is 1. The van der Waals surface area contributed by atoms with Crippen molar-refractivity contribution in [2.45, 2.75) is 6.55 Å². The summed E-state index contributed by atoms with van der Waals surface area (Å²) in [5, 5.41) is 11.8. The van der Waals surface area contributed by atoms with E-state index in [-0.39, 0.29) is 0 Å². The van der Waals surface area contributed by atoms with Crippen LogP contribution in [0, 0.1) is 0 Å². The summed E-state index contributed by atoms with van der Waals surface area (Å²) in [5.74, 6) is 0. The fourth-order valence-corrected chi connectivity index (χ4v) is 1.95. The fraction of sp³-hybridized carbons (Fsp3) is 0.0909. The van der Waals surface area contributed by atoms with Gasteiger partial charge in [0.15, 0.2) is 0 Å². The highest BCUT2D eigenvalue weighted by molar-refractivity contribution is 6.31. The van der Waals surface area contributed by atoms with Crippen LogP contribution in [0.5, 0.6) is 0 Å². The molecule has 0 saturated heterocycles. The smallest absolute Gasteiger partial charge is 0.277 e. The van der Waals surface area contributed by atoms with Crippen LogP contribution in [0.3, 0.4) is 0 Å². The van der Waals surface area contributed by atoms with Crippen LogP contribution in [-0.2, 0) is 0 Å². The molecule has 2 aromatic heterocycles. The average Bonchev–Trinajstić information content (AvgIpc) is 2.93. The summed E-state index contributed by atoms with van der Waals surface area (Å²) in [7, 11) is 0. The van der Waals surface area contributed by atoms with Gasteiger partial charge in [0.05, 0.1) is 11.7 Å². The molecule has 18 heavy (non-hydrogen) atoms. The molecule has 0 radical (unpaired) electrons. The summed E-state index contributed by atoms with van der Waals surface area (Å²) in [6, 6.07) is 5.25. The minimum atomic E-state index is -2.66. The Morgan fingerprint density at radius 2 is 2.17 bits per heavy atom. The molecule has 1 aromatic carbocycles. The molecule has 0 aliphatic carbocycles. The van der Waals surface area contributed by atoms with Crippen molar-refractivity contribution < 1.29 is 8.78 Å². The Labute approximate surface area is 105 Å². The van der Waals surface area contributed by atoms with E-state index >= 15 is 0 Å². The van der Waals surface area contributed by atoms with E-state index in [1.54, 1.807) is 18.2 Å². The molecule has 0 unspecified atom stereocenters. The summed E-state index contributed by atoms with van der Waals surface area (Å²) < 4.78 is 25.5. The molecule has 0 amide bonds. The molecule has 0 fully saturated rings. The van der Waals surface area contributed by atoms with Crippen LogP contribution in [-0.4, -0.2) is 20.0 Å². The molecule has 2 heterocycles. The number of hydrogen-bond donors (Lipinski definition) is 1. The van der Waals surface area contributed by atoms with Gasteiger partial charge in [0.25, 0.3) is 0 Å². The Kier molecular flexibility index (Phi) is 2.52. The number of nitrogens with one attached hydrogen (secondary N) is 1. The number of H-pyrrole nitrogens is 1. The van der Waals surface area contributed by atoms with E-state index in [1.807, 2.05) is 0 Å². The molecule has 0 aliphatic heterocycles. The lowest BCUT2D eigenvalue weighted by atomic mass is 10.1. The van der Waals surface area contributed by atoms with E-state index in [0.29, 0.717) is 21.0 Å². The topological polar surface area (TPSA) is 46.5 Å². The van der Waals surface area contributed by atoms with E-state index in [9.17, 15) is 8.78 Å². The van der Waals surface area contributed by atoms with Gasteiger partial charge >= 0.3 is 6.55 Å². The largest absolute Gasteiger partial charge is 0.333 e. The maximum absolute atomic E-state index is 12.5. The van der Waals surface area contributed by atoms with Crippen LogP contribution in [0.4, 0.5) is 8.78 Å². The summed E-state index contributed by atoms with van der Waals surface area (Å²) in [5.41, 5.74) is 1.86. The normalized spacial score (nSPS) is 11.6. The SMILES string of the molecule is FC(F)n1cc(-c2n[nH]c3ccc(Cl)cc23)cn1. The molecule has 0 saturated carbocycles. The minimum absolute atomic E-state index is 0.517. The fourth-order valence-electron chi connectivity index (χ4n) is 1.77. The first-order chi connectivity index (χ1) is 8.65. The van der Waals surface area contributed by atoms with Crippen molar-refractivity contribution in [1.29, 1.82) is 0 Å². The predicted molar refractivity (Wildman–Crippen MR) is 63.6 cm³/mol. The molecule has 3 rings (SSSR count). The van der Waals surface area contributed by atoms with Crippen molar-refractivity contribution in [2.24, 2.45) is 0 Å². The number of rotatable bonds is 2. The zero-order valence-electron chi connectivity index (χ0n) is 8.94. The maximum Gasteiger partial charge on any atom is 0.333 e. The lowest BCUT2D eigenvalue weighted by Gasteiger charge is -1.96. The summed E-state index contributed by atoms with van der Waals surface area (Å²) in [4.78, 5) is 0. The quantitative estimate of drug-likeness (QED) is 0.773. The molecule has 4 nitrogen and oxygen atoms in total. The van der Waals surface area contributed by atoms with Crippen molar-refractivity contribution in [2.75, 3.05) is 0 Å². The Balaban J connectivity index is 2.15. The average molecular weight is 269 g/mol. The van der Waals surface area contributed by atoms with Gasteiger partial charge < -0.3 is 0 Å². The molecule has 0 atom stereocenters. The summed E-state index contributed by atoms with van der Waals surface area (Å²) in [6.07, 6.45) is 2.60. The van der Waals surface area contributed by atoms with Gasteiger partial charge in [0, 0.05) is 22.2 Å². The first-order valence-electron chi connectivity index (χ1n) is 5.11. The Hall–Kier alpha value is -1.95. The molecular weight excluding hydrogens is 262 g/mol. The minimum Gasteiger partial charge on any atom is -0.277 e. The molecule has 0 aliphatic rings. The van der Waals surface area contributed by atoms with E-state index in [0.717, 1.165) is 10.9 Å². The van der Waals surface area contributed by atoms with Crippen molar-refractivity contribution in [3.63, 3.8) is 0 Å². The van der Waals surface area contributed by atoms with Crippen molar-refractivity contribution in [3.8, 4) is 11.3 Å². The van der Waals surface area contributed by atoms with Crippen molar-refractivity contribution in [1.82, 2.24) is 20.0 Å². The highest BCUT2D eigenvalue weighted by Gasteiger charge is 2.13. The third-order valence-corrected chi connectivity index (χ3v) is 2.83. The van der Waals surface area contributed by atoms with Crippen LogP contribution < -0.4 is 0 Å². The van der Waals surface area contributed by atoms with E-state index < -0.39 is 6.55 Å². The second-order valence-electron chi connectivity index (χ2n) is 3.75. The number of alkyl halides is 2. The van der Waals surface area contributed by atoms with Gasteiger partial charge in [-0.1, -0.05) is 11.6 Å². The van der Waals surface area contributed by atoms with Gasteiger partial charge in [-0.25, -0.2) is 4.68 Å². The van der Waals surface area contributed by atoms with Gasteiger partial charge in [-0.05, 0) is 18.2 Å². The third kappa shape index (κ3) is 1.74. The monoisotopic (exact) mass is 268 g/mol. The lowest BCUT2D eigenvalue weighted by molar-refractivity contribution is 0.0566. The standard InChI is InChI=1S/C11H7ClF2N4/c12-7-1-2-9-8(3-7)10(17-16-9)6-4-15-18(5-6)11(13)14/h1-5,11H,(H,16,17). The van der Waals surface area contributed by atoms with Gasteiger partial charge in [-0.3, -0.25) is 5.10 Å². The first-order valence-corrected chi connectivity index (χ1v) is 5.49. The van der Waals surface area contributed by atoms with Crippen LogP contribution in [0.1, 0.15) is 6.55 Å². The van der Waals surface area contributed by atoms with Gasteiger partial charge in [-0.15, -0.1) is 0 Å². The number of nitrogens with zero attached hydrogens (tertiary/aromatic N) is 3. The second kappa shape index (κ2) is 4.06. The number of benzene rings is 1. The Bertz CT molecular complexity index is 704. The number of aromatic amines is 1. The zero-order valence-corrected chi connectivity index (χ0v) is 9.70. The van der Waals surface area contributed by atoms with Crippen LogP contribution in [0.15, 0.2) is 30.6 Å². The molecule has 3 aromatic rings. The molecule has 0 bridgehead atoms. The van der Waals surface area contributed by atoms with Gasteiger partial charge in [0.2, 0.25) is 0 Å². The second-order valence-corrected chi connectivity index (χ2v) is 4.19. The number of aromatic nitrogens is 4. The van der Waals surface area contributed by atoms with Gasteiger partial charge in [-0.2, -0.15) is 19.0 Å². The van der Waals surface area contributed by atoms with Crippen LogP contribution in [0.25, 0.3) is 22.2 Å². The van der Waals surface area contributed by atoms with E-state index in [4.69, 9.17) is 11.6 Å². The Morgan fingerprint density at radius 1 is 1.33 bits per heavy atom. The molecular formula is C11H7ClF2N4. The van der Waals surface area contributed by atoms with E-state index in [1.165, 1.54) is 12.4 Å². The number of hydrogen-bond acceptors (Lipinski definition) is 2. The Morgan fingerprint density at radius 3 is 2.89 bits per heavy atom. The highest BCUT2D eigenvalue weighted by Crippen LogP contribution is 2.28. The van der Waals surface area contributed by atoms with Crippen LogP contribution in [0.2, 0.25) is 5.02 Å². The number of halogens is 3. The summed E-state index contributed by atoms with van der Waals surface area (Å²) >= 11 is 5.91. The molecule has 92 valence electrons. The lowest BCUT2D eigenvalue weighted by Crippen LogP contribution is -1.96. The zero-order chi connectivity index (χ0) is 12.7. The van der Waals surface area contributed by atoms with Crippen LogP contribution >= 0.6 is 11.6 Å². The molecule has 7 heteroatoms. The van der Waals surface area contributed by atoms with E-state index in [2.05, 4.69) is 15.3 Å². The molecule has 0 spiro atoms. The first kappa shape index (κ1) is 11.2. The summed E-state index contributed by atoms with van der Waals surface area (Å²) in [6.45, 7) is -2.66. The molecule has 1 N–H and O–H groups in total. The predicted octanol–water partition coefficient (Wildman–Crippen LogP) is 3.47. The highest BCUT2D eigenvalue weighted by atomic mass is 35.5. The maximum atomic E-state index is 12.5.